The average Bonchev–Trinajstić information content (AvgIpc) is 3.15. The maximum Gasteiger partial charge on any atom is 0.226 e. The Bertz CT molecular complexity index is 2370. The van der Waals surface area contributed by atoms with Crippen LogP contribution in [0.15, 0.2) is 164 Å². The van der Waals surface area contributed by atoms with E-state index in [4.69, 9.17) is 16.6 Å². The summed E-state index contributed by atoms with van der Waals surface area (Å²) in [6.45, 7) is 0. The van der Waals surface area contributed by atoms with Crippen LogP contribution in [0.3, 0.4) is 0 Å². The molecule has 8 rings (SSSR count). The number of pyridine rings is 1. The average molecular weight is 623 g/mol. The number of nitrogens with zero attached hydrogens (tertiary/aromatic N) is 4. The van der Waals surface area contributed by atoms with E-state index in [2.05, 4.69) is 142 Å². The highest BCUT2D eigenvalue weighted by atomic mass is 35.5. The van der Waals surface area contributed by atoms with E-state index in [0.29, 0.717) is 11.6 Å². The van der Waals surface area contributed by atoms with E-state index in [1.165, 1.54) is 10.8 Å². The summed E-state index contributed by atoms with van der Waals surface area (Å²) in [5.74, 6) is 1.01. The molecule has 0 aliphatic carbocycles. The lowest BCUT2D eigenvalue weighted by atomic mass is 9.91. The van der Waals surface area contributed by atoms with Crippen molar-refractivity contribution in [2.24, 2.45) is 0 Å². The Hall–Kier alpha value is -5.97. The molecule has 0 atom stereocenters. The molecule has 0 saturated carbocycles. The molecule has 0 unspecified atom stereocenters. The van der Waals surface area contributed by atoms with Crippen LogP contribution >= 0.6 is 11.6 Å². The van der Waals surface area contributed by atoms with E-state index in [1.54, 1.807) is 6.20 Å². The van der Waals surface area contributed by atoms with Crippen molar-refractivity contribution in [3.8, 4) is 67.3 Å². The molecule has 0 aliphatic rings. The van der Waals surface area contributed by atoms with E-state index in [-0.39, 0.29) is 5.28 Å². The van der Waals surface area contributed by atoms with Gasteiger partial charge in [-0.05, 0) is 91.6 Å². The van der Waals surface area contributed by atoms with Crippen LogP contribution in [0, 0.1) is 0 Å². The Morgan fingerprint density at radius 2 is 0.957 bits per heavy atom. The zero-order chi connectivity index (χ0) is 31.6. The van der Waals surface area contributed by atoms with Crippen molar-refractivity contribution in [1.82, 2.24) is 19.9 Å². The molecular formula is C42H27ClN4. The van der Waals surface area contributed by atoms with Crippen LogP contribution in [-0.4, -0.2) is 19.9 Å². The Morgan fingerprint density at radius 1 is 0.383 bits per heavy atom. The van der Waals surface area contributed by atoms with Gasteiger partial charge in [0.1, 0.15) is 0 Å². The van der Waals surface area contributed by atoms with Crippen LogP contribution in [0.5, 0.6) is 0 Å². The molecule has 0 radical (unpaired) electrons. The maximum atomic E-state index is 6.63. The summed E-state index contributed by atoms with van der Waals surface area (Å²) >= 11 is 6.63. The van der Waals surface area contributed by atoms with Crippen LogP contribution < -0.4 is 0 Å². The molecule has 47 heavy (non-hydrogen) atoms. The SMILES string of the molecule is Clc1nc(-c2cc(-c3cccnc3)cc(-c3ccccc3-c3ccccc3)c2)nc(-c2cccc(-c3cccc4ccccc34)c2)n1. The van der Waals surface area contributed by atoms with Gasteiger partial charge in [0.2, 0.25) is 5.28 Å². The van der Waals surface area contributed by atoms with Gasteiger partial charge in [-0.1, -0.05) is 121 Å². The predicted molar refractivity (Wildman–Crippen MR) is 193 cm³/mol. The van der Waals surface area contributed by atoms with Gasteiger partial charge in [0, 0.05) is 29.1 Å². The second kappa shape index (κ2) is 12.4. The van der Waals surface area contributed by atoms with E-state index in [0.717, 1.165) is 55.6 Å². The van der Waals surface area contributed by atoms with Gasteiger partial charge < -0.3 is 0 Å². The highest BCUT2D eigenvalue weighted by Crippen LogP contribution is 2.37. The Morgan fingerprint density at radius 3 is 1.79 bits per heavy atom. The molecule has 5 heteroatoms. The van der Waals surface area contributed by atoms with Gasteiger partial charge in [-0.2, -0.15) is 9.97 Å². The number of hydrogen-bond acceptors (Lipinski definition) is 4. The molecule has 0 spiro atoms. The molecule has 0 N–H and O–H groups in total. The second-order valence-electron chi connectivity index (χ2n) is 11.3. The van der Waals surface area contributed by atoms with Crippen molar-refractivity contribution < 1.29 is 0 Å². The van der Waals surface area contributed by atoms with E-state index < -0.39 is 0 Å². The van der Waals surface area contributed by atoms with Crippen molar-refractivity contribution in [2.75, 3.05) is 0 Å². The van der Waals surface area contributed by atoms with Crippen LogP contribution in [0.25, 0.3) is 78.1 Å². The molecule has 0 saturated heterocycles. The quantitative estimate of drug-likeness (QED) is 0.185. The molecule has 8 aromatic rings. The standard InChI is InChI=1S/C42H27ClN4/c43-42-46-40(31-16-8-15-30(23-31)38-21-9-14-29-13-4-5-18-36(29)38)45-41(47-42)35-25-33(32-17-10-22-44-27-32)24-34(26-35)39-20-7-6-19-37(39)28-11-2-1-3-12-28/h1-27H. The van der Waals surface area contributed by atoms with Gasteiger partial charge in [0.05, 0.1) is 0 Å². The van der Waals surface area contributed by atoms with E-state index in [9.17, 15) is 0 Å². The fraction of sp³-hybridized carbons (Fsp3) is 0. The first-order valence-electron chi connectivity index (χ1n) is 15.4. The first-order valence-corrected chi connectivity index (χ1v) is 15.8. The van der Waals surface area contributed by atoms with Crippen molar-refractivity contribution in [1.29, 1.82) is 0 Å². The minimum absolute atomic E-state index is 0.138. The zero-order valence-electron chi connectivity index (χ0n) is 25.3. The molecule has 2 heterocycles. The topological polar surface area (TPSA) is 51.6 Å². The molecule has 6 aromatic carbocycles. The van der Waals surface area contributed by atoms with Crippen molar-refractivity contribution in [3.05, 3.63) is 169 Å². The number of hydrogen-bond donors (Lipinski definition) is 0. The Labute approximate surface area is 278 Å². The summed E-state index contributed by atoms with van der Waals surface area (Å²) in [5.41, 5.74) is 10.4. The predicted octanol–water partition coefficient (Wildman–Crippen LogP) is 11.1. The van der Waals surface area contributed by atoms with Gasteiger partial charge in [0.25, 0.3) is 0 Å². The fourth-order valence-electron chi connectivity index (χ4n) is 6.13. The van der Waals surface area contributed by atoms with Gasteiger partial charge in [-0.25, -0.2) is 4.98 Å². The Kier molecular flexibility index (Phi) is 7.54. The largest absolute Gasteiger partial charge is 0.264 e. The molecule has 0 fully saturated rings. The third kappa shape index (κ3) is 5.79. The van der Waals surface area contributed by atoms with Crippen molar-refractivity contribution in [2.45, 2.75) is 0 Å². The van der Waals surface area contributed by atoms with Crippen LogP contribution in [-0.2, 0) is 0 Å². The summed E-state index contributed by atoms with van der Waals surface area (Å²) in [6, 6.07) is 52.3. The summed E-state index contributed by atoms with van der Waals surface area (Å²) in [7, 11) is 0. The summed E-state index contributed by atoms with van der Waals surface area (Å²) in [5, 5.41) is 2.52. The number of rotatable bonds is 6. The van der Waals surface area contributed by atoms with Crippen molar-refractivity contribution in [3.63, 3.8) is 0 Å². The highest BCUT2D eigenvalue weighted by molar-refractivity contribution is 6.28. The summed E-state index contributed by atoms with van der Waals surface area (Å²) in [6.07, 6.45) is 3.65. The van der Waals surface area contributed by atoms with Gasteiger partial charge in [0.15, 0.2) is 11.6 Å². The number of benzene rings is 6. The molecular weight excluding hydrogens is 596 g/mol. The normalized spacial score (nSPS) is 11.1. The first kappa shape index (κ1) is 28.5. The lowest BCUT2D eigenvalue weighted by Crippen LogP contribution is -1.98. The maximum absolute atomic E-state index is 6.63. The first-order chi connectivity index (χ1) is 23.2. The summed E-state index contributed by atoms with van der Waals surface area (Å²) in [4.78, 5) is 18.6. The van der Waals surface area contributed by atoms with Gasteiger partial charge in [-0.15, -0.1) is 0 Å². The molecule has 0 aliphatic heterocycles. The van der Waals surface area contributed by atoms with E-state index in [1.807, 2.05) is 30.5 Å². The Balaban J connectivity index is 1.27. The molecule has 4 nitrogen and oxygen atoms in total. The van der Waals surface area contributed by atoms with Crippen LogP contribution in [0.2, 0.25) is 5.28 Å². The molecule has 0 amide bonds. The molecule has 2 aromatic heterocycles. The minimum Gasteiger partial charge on any atom is -0.264 e. The third-order valence-electron chi connectivity index (χ3n) is 8.34. The monoisotopic (exact) mass is 622 g/mol. The van der Waals surface area contributed by atoms with E-state index >= 15 is 0 Å². The zero-order valence-corrected chi connectivity index (χ0v) is 26.0. The number of halogens is 1. The van der Waals surface area contributed by atoms with Crippen LogP contribution in [0.1, 0.15) is 0 Å². The number of aromatic nitrogens is 4. The third-order valence-corrected chi connectivity index (χ3v) is 8.51. The molecule has 0 bridgehead atoms. The fourth-order valence-corrected chi connectivity index (χ4v) is 6.29. The van der Waals surface area contributed by atoms with Crippen molar-refractivity contribution >= 4 is 22.4 Å². The summed E-state index contributed by atoms with van der Waals surface area (Å²) < 4.78 is 0. The second-order valence-corrected chi connectivity index (χ2v) is 11.6. The van der Waals surface area contributed by atoms with Crippen LogP contribution in [0.4, 0.5) is 0 Å². The minimum atomic E-state index is 0.138. The molecule has 222 valence electrons. The highest BCUT2D eigenvalue weighted by Gasteiger charge is 2.16. The lowest BCUT2D eigenvalue weighted by Gasteiger charge is -2.14. The lowest BCUT2D eigenvalue weighted by molar-refractivity contribution is 1.07. The van der Waals surface area contributed by atoms with Gasteiger partial charge in [-0.3, -0.25) is 4.98 Å². The smallest absolute Gasteiger partial charge is 0.226 e. The number of fused-ring (bicyclic) bond motifs is 1. The van der Waals surface area contributed by atoms with Gasteiger partial charge >= 0.3 is 0 Å².